The van der Waals surface area contributed by atoms with Crippen molar-refractivity contribution in [2.75, 3.05) is 6.61 Å². The maximum Gasteiger partial charge on any atom is 0.220 e. The van der Waals surface area contributed by atoms with Gasteiger partial charge in [0.05, 0.1) is 18.8 Å². The maximum atomic E-state index is 12.5. The van der Waals surface area contributed by atoms with Gasteiger partial charge in [0.1, 0.15) is 0 Å². The summed E-state index contributed by atoms with van der Waals surface area (Å²) >= 11 is 0. The summed E-state index contributed by atoms with van der Waals surface area (Å²) in [6.07, 6.45) is 81.4. The fourth-order valence-electron chi connectivity index (χ4n) is 10.6. The van der Waals surface area contributed by atoms with Gasteiger partial charge in [0, 0.05) is 6.42 Å². The van der Waals surface area contributed by atoms with Crippen molar-refractivity contribution in [2.24, 2.45) is 0 Å². The third-order valence-corrected chi connectivity index (χ3v) is 15.5. The second-order valence-corrected chi connectivity index (χ2v) is 22.6. The van der Waals surface area contributed by atoms with Gasteiger partial charge in [-0.3, -0.25) is 4.79 Å². The van der Waals surface area contributed by atoms with E-state index in [1.165, 1.54) is 334 Å². The van der Waals surface area contributed by atoms with Crippen LogP contribution in [0.1, 0.15) is 380 Å². The van der Waals surface area contributed by atoms with E-state index in [0.29, 0.717) is 6.42 Å². The molecule has 0 aromatic heterocycles. The Morgan fingerprint density at radius 3 is 0.754 bits per heavy atom. The Hall–Kier alpha value is -0.870. The molecular weight excluding hydrogens is 843 g/mol. The molecule has 0 fully saturated rings. The van der Waals surface area contributed by atoms with Gasteiger partial charge in [-0.15, -0.1) is 0 Å². The Morgan fingerprint density at radius 2 is 0.536 bits per heavy atom. The van der Waals surface area contributed by atoms with Crippen molar-refractivity contribution in [3.8, 4) is 0 Å². The van der Waals surface area contributed by atoms with E-state index in [1.807, 2.05) is 6.08 Å². The Balaban J connectivity index is 3.41. The molecule has 0 aliphatic carbocycles. The van der Waals surface area contributed by atoms with Gasteiger partial charge in [-0.25, -0.2) is 0 Å². The summed E-state index contributed by atoms with van der Waals surface area (Å²) in [6, 6.07) is -0.619. The zero-order chi connectivity index (χ0) is 49.9. The smallest absolute Gasteiger partial charge is 0.220 e. The van der Waals surface area contributed by atoms with Crippen molar-refractivity contribution in [1.82, 2.24) is 5.32 Å². The molecule has 2 atom stereocenters. The zero-order valence-corrected chi connectivity index (χ0v) is 47.6. The molecule has 0 aliphatic heterocycles. The van der Waals surface area contributed by atoms with Crippen LogP contribution in [0.25, 0.3) is 0 Å². The fourth-order valence-corrected chi connectivity index (χ4v) is 10.6. The molecule has 0 saturated heterocycles. The molecule has 3 N–H and O–H groups in total. The van der Waals surface area contributed by atoms with Crippen LogP contribution in [0.5, 0.6) is 0 Å². The number of carbonyl (C=O) groups excluding carboxylic acids is 1. The third kappa shape index (κ3) is 57.9. The number of hydrogen-bond acceptors (Lipinski definition) is 3. The van der Waals surface area contributed by atoms with Gasteiger partial charge in [-0.1, -0.05) is 366 Å². The first kappa shape index (κ1) is 68.1. The zero-order valence-electron chi connectivity index (χ0n) is 47.6. The van der Waals surface area contributed by atoms with Crippen molar-refractivity contribution in [3.63, 3.8) is 0 Å². The van der Waals surface area contributed by atoms with Gasteiger partial charge in [-0.05, 0) is 19.3 Å². The van der Waals surface area contributed by atoms with Crippen molar-refractivity contribution in [1.29, 1.82) is 0 Å². The van der Waals surface area contributed by atoms with E-state index in [-0.39, 0.29) is 12.5 Å². The van der Waals surface area contributed by atoms with E-state index in [9.17, 15) is 15.0 Å². The first-order valence-electron chi connectivity index (χ1n) is 32.4. The van der Waals surface area contributed by atoms with E-state index in [0.717, 1.165) is 25.7 Å². The van der Waals surface area contributed by atoms with Crippen LogP contribution in [0, 0.1) is 0 Å². The highest BCUT2D eigenvalue weighted by molar-refractivity contribution is 5.76. The summed E-state index contributed by atoms with van der Waals surface area (Å²) in [4.78, 5) is 12.5. The number of allylic oxidation sites excluding steroid dienone is 1. The average molecular weight is 973 g/mol. The van der Waals surface area contributed by atoms with E-state index in [4.69, 9.17) is 0 Å². The largest absolute Gasteiger partial charge is 0.394 e. The molecule has 0 bridgehead atoms. The number of hydrogen-bond donors (Lipinski definition) is 3. The summed E-state index contributed by atoms with van der Waals surface area (Å²) in [6.45, 7) is 4.36. The number of nitrogens with one attached hydrogen (secondary N) is 1. The molecule has 0 spiro atoms. The molecule has 1 amide bonds. The van der Waals surface area contributed by atoms with Gasteiger partial charge >= 0.3 is 0 Å². The molecule has 2 unspecified atom stereocenters. The van der Waals surface area contributed by atoms with Crippen LogP contribution in [0.15, 0.2) is 12.2 Å². The highest BCUT2D eigenvalue weighted by atomic mass is 16.3. The van der Waals surface area contributed by atoms with Crippen molar-refractivity contribution in [3.05, 3.63) is 12.2 Å². The molecule has 4 nitrogen and oxygen atoms in total. The quantitative estimate of drug-likeness (QED) is 0.0420. The molecule has 4 heteroatoms. The molecule has 0 rings (SSSR count). The standard InChI is InChI=1S/C65H129NO3/c1-3-5-7-9-11-13-15-17-19-21-23-25-27-29-31-33-35-37-39-41-43-45-47-49-51-53-55-57-59-61-65(69)66-63(62-67)64(68)60-58-56-54-52-50-48-46-44-42-40-38-36-34-32-30-28-26-24-22-20-18-16-14-12-10-8-6-4-2/h58,60,63-64,67-68H,3-57,59,61-62H2,1-2H3,(H,66,69)/b60-58+. The van der Waals surface area contributed by atoms with Crippen LogP contribution >= 0.6 is 0 Å². The highest BCUT2D eigenvalue weighted by Gasteiger charge is 2.18. The predicted molar refractivity (Wildman–Crippen MR) is 309 cm³/mol. The molecule has 0 radical (unpaired) electrons. The Morgan fingerprint density at radius 1 is 0.333 bits per heavy atom. The van der Waals surface area contributed by atoms with Gasteiger partial charge < -0.3 is 15.5 Å². The SMILES string of the molecule is CCCCCCCCCCCCCCCCCCCCCCCCCCCC/C=C/C(O)C(CO)NC(=O)CCCCCCCCCCCCCCCCCCCCCCCCCCCCCCC. The Labute approximate surface area is 435 Å². The predicted octanol–water partition coefficient (Wildman–Crippen LogP) is 21.7. The monoisotopic (exact) mass is 972 g/mol. The second-order valence-electron chi connectivity index (χ2n) is 22.6. The molecule has 69 heavy (non-hydrogen) atoms. The first-order valence-corrected chi connectivity index (χ1v) is 32.4. The molecule has 0 aliphatic rings. The maximum absolute atomic E-state index is 12.5. The van der Waals surface area contributed by atoms with Crippen LogP contribution in [-0.4, -0.2) is 34.9 Å². The summed E-state index contributed by atoms with van der Waals surface area (Å²) in [5.41, 5.74) is 0. The number of aliphatic hydroxyl groups excluding tert-OH is 2. The van der Waals surface area contributed by atoms with Gasteiger partial charge in [0.15, 0.2) is 0 Å². The molecule has 412 valence electrons. The molecule has 0 aromatic carbocycles. The van der Waals surface area contributed by atoms with Crippen LogP contribution in [0.2, 0.25) is 0 Å². The van der Waals surface area contributed by atoms with Crippen molar-refractivity contribution >= 4 is 5.91 Å². The topological polar surface area (TPSA) is 69.6 Å². The number of amides is 1. The summed E-state index contributed by atoms with van der Waals surface area (Å²) in [5, 5.41) is 23.3. The summed E-state index contributed by atoms with van der Waals surface area (Å²) in [7, 11) is 0. The summed E-state index contributed by atoms with van der Waals surface area (Å²) in [5.74, 6) is -0.0538. The number of rotatable bonds is 61. The average Bonchev–Trinajstić information content (AvgIpc) is 3.35. The lowest BCUT2D eigenvalue weighted by Crippen LogP contribution is -2.45. The van der Waals surface area contributed by atoms with Crippen molar-refractivity contribution < 1.29 is 15.0 Å². The summed E-state index contributed by atoms with van der Waals surface area (Å²) < 4.78 is 0. The van der Waals surface area contributed by atoms with E-state index in [1.54, 1.807) is 6.08 Å². The van der Waals surface area contributed by atoms with Gasteiger partial charge in [0.25, 0.3) is 0 Å². The van der Waals surface area contributed by atoms with Crippen molar-refractivity contribution in [2.45, 2.75) is 392 Å². The van der Waals surface area contributed by atoms with E-state index < -0.39 is 12.1 Å². The number of aliphatic hydroxyl groups is 2. The molecule has 0 aromatic rings. The van der Waals surface area contributed by atoms with Crippen LogP contribution < -0.4 is 5.32 Å². The lowest BCUT2D eigenvalue weighted by atomic mass is 10.0. The van der Waals surface area contributed by atoms with Gasteiger partial charge in [0.2, 0.25) is 5.91 Å². The minimum Gasteiger partial charge on any atom is -0.394 e. The van der Waals surface area contributed by atoms with E-state index in [2.05, 4.69) is 19.2 Å². The lowest BCUT2D eigenvalue weighted by Gasteiger charge is -2.20. The molecule has 0 saturated carbocycles. The van der Waals surface area contributed by atoms with Crippen LogP contribution in [0.4, 0.5) is 0 Å². The van der Waals surface area contributed by atoms with Crippen LogP contribution in [0.3, 0.4) is 0 Å². The number of carbonyl (C=O) groups is 1. The van der Waals surface area contributed by atoms with E-state index >= 15 is 0 Å². The normalized spacial score (nSPS) is 12.7. The van der Waals surface area contributed by atoms with Crippen LogP contribution in [-0.2, 0) is 4.79 Å². The Bertz CT molecular complexity index is 967. The fraction of sp³-hybridized carbons (Fsp3) is 0.954. The Kier molecular flexibility index (Phi) is 60.7. The van der Waals surface area contributed by atoms with Gasteiger partial charge in [-0.2, -0.15) is 0 Å². The minimum atomic E-state index is -0.837. The third-order valence-electron chi connectivity index (χ3n) is 15.5. The second kappa shape index (κ2) is 61.4. The minimum absolute atomic E-state index is 0.0538. The lowest BCUT2D eigenvalue weighted by molar-refractivity contribution is -0.123. The highest BCUT2D eigenvalue weighted by Crippen LogP contribution is 2.19. The number of unbranched alkanes of at least 4 members (excludes halogenated alkanes) is 54. The molecular formula is C65H129NO3. The first-order chi connectivity index (χ1) is 34.2. The molecule has 0 heterocycles.